The molecule has 0 saturated carbocycles. The van der Waals surface area contributed by atoms with E-state index in [2.05, 4.69) is 5.32 Å². The van der Waals surface area contributed by atoms with E-state index in [-0.39, 0.29) is 49.0 Å². The standard InChI is InChI=1S/C23H22N2O5/c26-21-19-17-10-11-18(30-17)20(19)22(27)25(21)12-13-29-23(28)24-16-8-6-15(7-9-16)14-4-2-1-3-5-14/h1-9,17-20H,10-13H2,(H,24,28). The number of likely N-dealkylation sites (tertiary alicyclic amines) is 1. The first kappa shape index (κ1) is 18.8. The zero-order valence-electron chi connectivity index (χ0n) is 16.3. The lowest BCUT2D eigenvalue weighted by atomic mass is 9.81. The van der Waals surface area contributed by atoms with Gasteiger partial charge in [-0.3, -0.25) is 19.8 Å². The minimum atomic E-state index is -0.620. The lowest BCUT2D eigenvalue weighted by molar-refractivity contribution is -0.143. The van der Waals surface area contributed by atoms with Crippen molar-refractivity contribution in [2.45, 2.75) is 25.0 Å². The Morgan fingerprint density at radius 1 is 0.933 bits per heavy atom. The van der Waals surface area contributed by atoms with Crippen molar-refractivity contribution in [2.24, 2.45) is 11.8 Å². The molecular weight excluding hydrogens is 384 g/mol. The van der Waals surface area contributed by atoms with E-state index in [4.69, 9.17) is 9.47 Å². The number of ether oxygens (including phenoxy) is 2. The van der Waals surface area contributed by atoms with Gasteiger partial charge in [-0.1, -0.05) is 42.5 Å². The maximum Gasteiger partial charge on any atom is 0.411 e. The Bertz CT molecular complexity index is 947. The first-order chi connectivity index (χ1) is 14.6. The van der Waals surface area contributed by atoms with Crippen LogP contribution in [0.15, 0.2) is 54.6 Å². The summed E-state index contributed by atoms with van der Waals surface area (Å²) < 4.78 is 10.9. The lowest BCUT2D eigenvalue weighted by Gasteiger charge is -2.17. The summed E-state index contributed by atoms with van der Waals surface area (Å²) in [5.74, 6) is -1.10. The largest absolute Gasteiger partial charge is 0.447 e. The summed E-state index contributed by atoms with van der Waals surface area (Å²) in [5.41, 5.74) is 2.75. The van der Waals surface area contributed by atoms with Gasteiger partial charge in [0.25, 0.3) is 0 Å². The predicted octanol–water partition coefficient (Wildman–Crippen LogP) is 3.06. The van der Waals surface area contributed by atoms with Crippen molar-refractivity contribution in [3.05, 3.63) is 54.6 Å². The van der Waals surface area contributed by atoms with Crippen molar-refractivity contribution in [3.63, 3.8) is 0 Å². The number of nitrogens with zero attached hydrogens (tertiary/aromatic N) is 1. The molecular formula is C23H22N2O5. The van der Waals surface area contributed by atoms with Gasteiger partial charge in [-0.15, -0.1) is 0 Å². The van der Waals surface area contributed by atoms with Crippen molar-refractivity contribution in [2.75, 3.05) is 18.5 Å². The highest BCUT2D eigenvalue weighted by Crippen LogP contribution is 2.48. The number of carbonyl (C=O) groups excluding carboxylic acids is 3. The highest BCUT2D eigenvalue weighted by molar-refractivity contribution is 6.06. The summed E-state index contributed by atoms with van der Waals surface area (Å²) in [6, 6.07) is 17.4. The second-order valence-electron chi connectivity index (χ2n) is 7.87. The second kappa shape index (κ2) is 7.57. The topological polar surface area (TPSA) is 84.9 Å². The number of hydrogen-bond acceptors (Lipinski definition) is 5. The molecule has 3 aliphatic rings. The fraction of sp³-hybridized carbons (Fsp3) is 0.348. The van der Waals surface area contributed by atoms with Gasteiger partial charge in [0.15, 0.2) is 0 Å². The minimum Gasteiger partial charge on any atom is -0.447 e. The van der Waals surface area contributed by atoms with Gasteiger partial charge in [-0.2, -0.15) is 0 Å². The Morgan fingerprint density at radius 3 is 2.17 bits per heavy atom. The Hall–Kier alpha value is -3.19. The Balaban J connectivity index is 1.12. The number of nitrogens with one attached hydrogen (secondary N) is 1. The number of rotatable bonds is 5. The summed E-state index contributed by atoms with van der Waals surface area (Å²) in [6.45, 7) is 0.0332. The van der Waals surface area contributed by atoms with Crippen LogP contribution in [0.2, 0.25) is 0 Å². The van der Waals surface area contributed by atoms with Crippen molar-refractivity contribution in [1.29, 1.82) is 0 Å². The van der Waals surface area contributed by atoms with Crippen LogP contribution in [0.5, 0.6) is 0 Å². The third-order valence-electron chi connectivity index (χ3n) is 6.16. The number of carbonyl (C=O) groups is 3. The number of fused-ring (bicyclic) bond motifs is 5. The van der Waals surface area contributed by atoms with E-state index in [1.807, 2.05) is 42.5 Å². The molecule has 3 amide bonds. The molecule has 4 unspecified atom stereocenters. The van der Waals surface area contributed by atoms with E-state index < -0.39 is 6.09 Å². The Labute approximate surface area is 174 Å². The molecule has 7 heteroatoms. The van der Waals surface area contributed by atoms with E-state index in [0.29, 0.717) is 5.69 Å². The SMILES string of the molecule is O=C(Nc1ccc(-c2ccccc2)cc1)OCCN1C(=O)C2C3CCC(O3)C2C1=O. The molecule has 0 spiro atoms. The first-order valence-corrected chi connectivity index (χ1v) is 10.2. The van der Waals surface area contributed by atoms with Crippen molar-refractivity contribution in [1.82, 2.24) is 4.90 Å². The molecule has 2 aromatic carbocycles. The zero-order valence-corrected chi connectivity index (χ0v) is 16.3. The van der Waals surface area contributed by atoms with Crippen molar-refractivity contribution >= 4 is 23.6 Å². The Morgan fingerprint density at radius 2 is 1.53 bits per heavy atom. The molecule has 3 fully saturated rings. The smallest absolute Gasteiger partial charge is 0.411 e. The molecule has 7 nitrogen and oxygen atoms in total. The third-order valence-corrected chi connectivity index (χ3v) is 6.16. The summed E-state index contributed by atoms with van der Waals surface area (Å²) >= 11 is 0. The van der Waals surface area contributed by atoms with Gasteiger partial charge in [0.2, 0.25) is 11.8 Å². The van der Waals surface area contributed by atoms with E-state index in [9.17, 15) is 14.4 Å². The fourth-order valence-electron chi connectivity index (χ4n) is 4.75. The molecule has 2 bridgehead atoms. The van der Waals surface area contributed by atoms with Gasteiger partial charge in [0, 0.05) is 5.69 Å². The zero-order chi connectivity index (χ0) is 20.7. The van der Waals surface area contributed by atoms with E-state index in [1.165, 1.54) is 4.90 Å². The summed E-state index contributed by atoms with van der Waals surface area (Å²) in [7, 11) is 0. The van der Waals surface area contributed by atoms with Gasteiger partial charge >= 0.3 is 6.09 Å². The van der Waals surface area contributed by atoms with E-state index in [1.54, 1.807) is 12.1 Å². The van der Waals surface area contributed by atoms with Gasteiger partial charge < -0.3 is 9.47 Å². The fourth-order valence-corrected chi connectivity index (χ4v) is 4.75. The third kappa shape index (κ3) is 3.25. The normalized spacial score (nSPS) is 26.7. The summed E-state index contributed by atoms with van der Waals surface area (Å²) in [5, 5.41) is 2.66. The number of benzene rings is 2. The number of anilines is 1. The maximum atomic E-state index is 12.6. The highest BCUT2D eigenvalue weighted by atomic mass is 16.5. The van der Waals surface area contributed by atoms with Crippen molar-refractivity contribution in [3.8, 4) is 11.1 Å². The van der Waals surface area contributed by atoms with Crippen LogP contribution in [0.3, 0.4) is 0 Å². The molecule has 0 aliphatic carbocycles. The molecule has 5 rings (SSSR count). The minimum absolute atomic E-state index is 0.0406. The van der Waals surface area contributed by atoms with Crippen LogP contribution < -0.4 is 5.32 Å². The van der Waals surface area contributed by atoms with Crippen LogP contribution in [0.25, 0.3) is 11.1 Å². The Kier molecular flexibility index (Phi) is 4.75. The lowest BCUT2D eigenvalue weighted by Crippen LogP contribution is -2.37. The number of imide groups is 1. The number of hydrogen-bond donors (Lipinski definition) is 1. The summed E-state index contributed by atoms with van der Waals surface area (Å²) in [4.78, 5) is 38.4. The van der Waals surface area contributed by atoms with Gasteiger partial charge in [0.1, 0.15) is 6.61 Å². The van der Waals surface area contributed by atoms with Crippen LogP contribution in [-0.4, -0.2) is 48.2 Å². The molecule has 3 aliphatic heterocycles. The molecule has 1 N–H and O–H groups in total. The second-order valence-corrected chi connectivity index (χ2v) is 7.87. The molecule has 3 saturated heterocycles. The molecule has 0 radical (unpaired) electrons. The van der Waals surface area contributed by atoms with Crippen molar-refractivity contribution < 1.29 is 23.9 Å². The summed E-state index contributed by atoms with van der Waals surface area (Å²) in [6.07, 6.45) is 0.778. The maximum absolute atomic E-state index is 12.6. The molecule has 3 heterocycles. The van der Waals surface area contributed by atoms with E-state index >= 15 is 0 Å². The monoisotopic (exact) mass is 406 g/mol. The molecule has 154 valence electrons. The van der Waals surface area contributed by atoms with Gasteiger partial charge in [0.05, 0.1) is 30.6 Å². The predicted molar refractivity (Wildman–Crippen MR) is 108 cm³/mol. The van der Waals surface area contributed by atoms with Crippen LogP contribution in [0.4, 0.5) is 10.5 Å². The van der Waals surface area contributed by atoms with Crippen LogP contribution in [0, 0.1) is 11.8 Å². The number of amides is 3. The molecule has 0 aromatic heterocycles. The van der Waals surface area contributed by atoms with Crippen LogP contribution in [0.1, 0.15) is 12.8 Å². The molecule has 4 atom stereocenters. The van der Waals surface area contributed by atoms with Gasteiger partial charge in [-0.05, 0) is 36.1 Å². The average molecular weight is 406 g/mol. The van der Waals surface area contributed by atoms with Crippen LogP contribution in [-0.2, 0) is 19.1 Å². The molecule has 2 aromatic rings. The average Bonchev–Trinajstić information content (AvgIpc) is 3.45. The quantitative estimate of drug-likeness (QED) is 0.772. The molecule has 30 heavy (non-hydrogen) atoms. The van der Waals surface area contributed by atoms with Gasteiger partial charge in [-0.25, -0.2) is 4.79 Å². The van der Waals surface area contributed by atoms with E-state index in [0.717, 1.165) is 24.0 Å². The van der Waals surface area contributed by atoms with Crippen LogP contribution >= 0.6 is 0 Å². The highest BCUT2D eigenvalue weighted by Gasteiger charge is 2.62. The first-order valence-electron chi connectivity index (χ1n) is 10.2.